The van der Waals surface area contributed by atoms with Gasteiger partial charge in [-0.15, -0.1) is 0 Å². The van der Waals surface area contributed by atoms with Gasteiger partial charge in [0.05, 0.1) is 6.04 Å². The Bertz CT molecular complexity index is 637. The maximum absolute atomic E-state index is 12.0. The molecule has 1 atom stereocenters. The first-order chi connectivity index (χ1) is 12.2. The second-order valence-corrected chi connectivity index (χ2v) is 6.65. The number of urea groups is 1. The monoisotopic (exact) mass is 342 g/mol. The lowest BCUT2D eigenvalue weighted by Crippen LogP contribution is -2.42. The quantitative estimate of drug-likeness (QED) is 0.750. The van der Waals surface area contributed by atoms with Crippen LogP contribution in [0.15, 0.2) is 36.7 Å². The largest absolute Gasteiger partial charge is 0.338 e. The van der Waals surface area contributed by atoms with E-state index < -0.39 is 0 Å². The van der Waals surface area contributed by atoms with Crippen LogP contribution in [0.1, 0.15) is 37.2 Å². The van der Waals surface area contributed by atoms with Gasteiger partial charge in [0.2, 0.25) is 0 Å². The second-order valence-electron chi connectivity index (χ2n) is 6.65. The molecule has 1 unspecified atom stereocenters. The zero-order valence-electron chi connectivity index (χ0n) is 14.6. The molecule has 1 aliphatic rings. The molecule has 3 N–H and O–H groups in total. The summed E-state index contributed by atoms with van der Waals surface area (Å²) in [5.41, 5.74) is 1.36. The van der Waals surface area contributed by atoms with E-state index in [1.54, 1.807) is 0 Å². The fraction of sp³-hybridized carbons (Fsp3) is 0.500. The number of piperidine rings is 1. The van der Waals surface area contributed by atoms with Crippen molar-refractivity contribution in [3.8, 4) is 0 Å². The number of hydrogen-bond donors (Lipinski definition) is 3. The van der Waals surface area contributed by atoms with Crippen molar-refractivity contribution in [2.75, 3.05) is 19.6 Å². The molecule has 0 bridgehead atoms. The highest BCUT2D eigenvalue weighted by Crippen LogP contribution is 2.18. The number of rotatable bonds is 6. The molecule has 1 aromatic heterocycles. The van der Waals surface area contributed by atoms with Gasteiger partial charge in [-0.25, -0.2) is 9.78 Å². The van der Waals surface area contributed by atoms with Crippen molar-refractivity contribution >= 4 is 6.03 Å². The van der Waals surface area contributed by atoms with Gasteiger partial charge >= 0.3 is 6.03 Å². The maximum Gasteiger partial charge on any atom is 0.315 e. The fourth-order valence-corrected chi connectivity index (χ4v) is 3.17. The number of H-pyrrole nitrogens is 1. The van der Waals surface area contributed by atoms with Gasteiger partial charge in [0.1, 0.15) is 12.2 Å². The molecular weight excluding hydrogens is 316 g/mol. The third-order valence-electron chi connectivity index (χ3n) is 4.70. The highest BCUT2D eigenvalue weighted by molar-refractivity contribution is 5.74. The lowest BCUT2D eigenvalue weighted by molar-refractivity contribution is 0.174. The summed E-state index contributed by atoms with van der Waals surface area (Å²) in [4.78, 5) is 18.5. The number of benzene rings is 1. The molecule has 1 fully saturated rings. The van der Waals surface area contributed by atoms with Gasteiger partial charge in [-0.3, -0.25) is 10.00 Å². The Morgan fingerprint density at radius 3 is 2.76 bits per heavy atom. The molecule has 0 radical (unpaired) electrons. The fourth-order valence-electron chi connectivity index (χ4n) is 3.17. The number of carbonyl (C=O) groups is 1. The van der Waals surface area contributed by atoms with Gasteiger partial charge in [0.25, 0.3) is 0 Å². The lowest BCUT2D eigenvalue weighted by atomic mass is 9.96. The highest BCUT2D eigenvalue weighted by Gasteiger charge is 2.20. The molecule has 1 saturated heterocycles. The molecule has 25 heavy (non-hydrogen) atoms. The molecule has 3 rings (SSSR count). The minimum Gasteiger partial charge on any atom is -0.338 e. The Morgan fingerprint density at radius 1 is 1.32 bits per heavy atom. The van der Waals surface area contributed by atoms with Gasteiger partial charge in [0, 0.05) is 13.1 Å². The molecule has 1 aromatic carbocycles. The molecule has 0 spiro atoms. The standard InChI is InChI=1S/C18H26N6O/c1-14(17-20-13-21-23-17)22-18(25)19-11-15-7-9-24(10-8-15)12-16-5-3-2-4-6-16/h2-6,13-15H,7-12H2,1H3,(H2,19,22,25)(H,20,21,23). The Balaban J connectivity index is 1.34. The van der Waals surface area contributed by atoms with Gasteiger partial charge in [-0.05, 0) is 44.3 Å². The van der Waals surface area contributed by atoms with Crippen LogP contribution in [0.25, 0.3) is 0 Å². The van der Waals surface area contributed by atoms with Crippen LogP contribution in [0.3, 0.4) is 0 Å². The molecule has 7 nitrogen and oxygen atoms in total. The first-order valence-corrected chi connectivity index (χ1v) is 8.86. The van der Waals surface area contributed by atoms with Crippen molar-refractivity contribution in [2.45, 2.75) is 32.4 Å². The van der Waals surface area contributed by atoms with E-state index in [1.807, 2.05) is 6.92 Å². The van der Waals surface area contributed by atoms with Crippen LogP contribution in [0.5, 0.6) is 0 Å². The van der Waals surface area contributed by atoms with Crippen LogP contribution in [0, 0.1) is 5.92 Å². The zero-order chi connectivity index (χ0) is 17.5. The normalized spacial score (nSPS) is 17.2. The molecule has 7 heteroatoms. The minimum absolute atomic E-state index is 0.157. The predicted octanol–water partition coefficient (Wildman–Crippen LogP) is 2.08. The minimum atomic E-state index is -0.185. The van der Waals surface area contributed by atoms with Crippen LogP contribution in [-0.2, 0) is 6.54 Å². The van der Waals surface area contributed by atoms with Crippen molar-refractivity contribution in [1.29, 1.82) is 0 Å². The van der Waals surface area contributed by atoms with Crippen molar-refractivity contribution < 1.29 is 4.79 Å². The zero-order valence-corrected chi connectivity index (χ0v) is 14.6. The number of aromatic nitrogens is 3. The summed E-state index contributed by atoms with van der Waals surface area (Å²) in [6.45, 7) is 5.77. The van der Waals surface area contributed by atoms with E-state index in [-0.39, 0.29) is 12.1 Å². The summed E-state index contributed by atoms with van der Waals surface area (Å²) in [6.07, 6.45) is 3.67. The van der Waals surface area contributed by atoms with E-state index in [4.69, 9.17) is 0 Å². The van der Waals surface area contributed by atoms with Gasteiger partial charge < -0.3 is 10.6 Å². The molecule has 2 heterocycles. The number of nitrogens with zero attached hydrogens (tertiary/aromatic N) is 3. The number of likely N-dealkylation sites (tertiary alicyclic amines) is 1. The molecule has 1 aliphatic heterocycles. The van der Waals surface area contributed by atoms with Gasteiger partial charge in [-0.1, -0.05) is 30.3 Å². The van der Waals surface area contributed by atoms with Gasteiger partial charge in [-0.2, -0.15) is 5.10 Å². The van der Waals surface area contributed by atoms with Crippen molar-refractivity contribution in [3.63, 3.8) is 0 Å². The molecular formula is C18H26N6O. The van der Waals surface area contributed by atoms with Gasteiger partial charge in [0.15, 0.2) is 0 Å². The summed E-state index contributed by atoms with van der Waals surface area (Å²) in [5, 5.41) is 12.4. The van der Waals surface area contributed by atoms with Crippen LogP contribution in [0.2, 0.25) is 0 Å². The lowest BCUT2D eigenvalue weighted by Gasteiger charge is -2.32. The third kappa shape index (κ3) is 5.29. The number of amides is 2. The average molecular weight is 342 g/mol. The van der Waals surface area contributed by atoms with E-state index in [1.165, 1.54) is 11.9 Å². The Kier molecular flexibility index (Phi) is 6.00. The Labute approximate surface area is 148 Å². The molecule has 0 aliphatic carbocycles. The second kappa shape index (κ2) is 8.62. The summed E-state index contributed by atoms with van der Waals surface area (Å²) in [7, 11) is 0. The van der Waals surface area contributed by atoms with E-state index in [9.17, 15) is 4.79 Å². The van der Waals surface area contributed by atoms with E-state index in [2.05, 4.69) is 61.0 Å². The molecule has 134 valence electrons. The summed E-state index contributed by atoms with van der Waals surface area (Å²) in [6, 6.07) is 10.2. The Morgan fingerprint density at radius 2 is 2.08 bits per heavy atom. The topological polar surface area (TPSA) is 85.9 Å². The Hall–Kier alpha value is -2.41. The molecule has 2 aromatic rings. The summed E-state index contributed by atoms with van der Waals surface area (Å²) >= 11 is 0. The van der Waals surface area contributed by atoms with Crippen LogP contribution in [0.4, 0.5) is 4.79 Å². The van der Waals surface area contributed by atoms with Crippen molar-refractivity contribution in [1.82, 2.24) is 30.7 Å². The summed E-state index contributed by atoms with van der Waals surface area (Å²) in [5.74, 6) is 1.20. The number of nitrogens with one attached hydrogen (secondary N) is 3. The third-order valence-corrected chi connectivity index (χ3v) is 4.70. The number of carbonyl (C=O) groups excluding carboxylic acids is 1. The predicted molar refractivity (Wildman–Crippen MR) is 95.8 cm³/mol. The smallest absolute Gasteiger partial charge is 0.315 e. The SMILES string of the molecule is CC(NC(=O)NCC1CCN(Cc2ccccc2)CC1)c1ncn[nH]1. The van der Waals surface area contributed by atoms with Crippen LogP contribution in [-0.4, -0.2) is 45.7 Å². The highest BCUT2D eigenvalue weighted by atomic mass is 16.2. The average Bonchev–Trinajstić information content (AvgIpc) is 3.17. The number of aromatic amines is 1. The first-order valence-electron chi connectivity index (χ1n) is 8.86. The van der Waals surface area contributed by atoms with Crippen LogP contribution < -0.4 is 10.6 Å². The van der Waals surface area contributed by atoms with E-state index >= 15 is 0 Å². The van der Waals surface area contributed by atoms with Crippen molar-refractivity contribution in [2.24, 2.45) is 5.92 Å². The van der Waals surface area contributed by atoms with E-state index in [0.29, 0.717) is 18.3 Å². The summed E-state index contributed by atoms with van der Waals surface area (Å²) < 4.78 is 0. The molecule has 0 saturated carbocycles. The molecule has 2 amide bonds. The maximum atomic E-state index is 12.0. The van der Waals surface area contributed by atoms with E-state index in [0.717, 1.165) is 32.5 Å². The first kappa shape index (κ1) is 17.4. The van der Waals surface area contributed by atoms with Crippen molar-refractivity contribution in [3.05, 3.63) is 48.0 Å². The van der Waals surface area contributed by atoms with Crippen LogP contribution >= 0.6 is 0 Å². The number of hydrogen-bond acceptors (Lipinski definition) is 4.